The predicted octanol–water partition coefficient (Wildman–Crippen LogP) is 3.09. The number of para-hydroxylation sites is 1. The summed E-state index contributed by atoms with van der Waals surface area (Å²) >= 11 is 1.69. The zero-order chi connectivity index (χ0) is 13.7. The predicted molar refractivity (Wildman–Crippen MR) is 79.8 cm³/mol. The summed E-state index contributed by atoms with van der Waals surface area (Å²) in [5.41, 5.74) is 8.97. The van der Waals surface area contributed by atoms with Crippen molar-refractivity contribution in [1.29, 1.82) is 0 Å². The lowest BCUT2D eigenvalue weighted by molar-refractivity contribution is 0.296. The van der Waals surface area contributed by atoms with Crippen LogP contribution in [0.25, 0.3) is 0 Å². The Balaban J connectivity index is 2.09. The summed E-state index contributed by atoms with van der Waals surface area (Å²) in [5.74, 6) is 0.957. The van der Waals surface area contributed by atoms with Crippen LogP contribution in [0.2, 0.25) is 0 Å². The fourth-order valence-electron chi connectivity index (χ4n) is 2.00. The molecular formula is C15H20N2OS. The van der Waals surface area contributed by atoms with E-state index in [1.807, 2.05) is 6.07 Å². The average molecular weight is 276 g/mol. The lowest BCUT2D eigenvalue weighted by Crippen LogP contribution is -2.06. The smallest absolute Gasteiger partial charge is 0.131 e. The Morgan fingerprint density at radius 1 is 1.37 bits per heavy atom. The molecule has 0 atom stereocenters. The molecule has 0 unspecified atom stereocenters. The van der Waals surface area contributed by atoms with E-state index in [0.717, 1.165) is 34.9 Å². The molecule has 0 radical (unpaired) electrons. The quantitative estimate of drug-likeness (QED) is 0.882. The van der Waals surface area contributed by atoms with Gasteiger partial charge in [0.25, 0.3) is 0 Å². The molecule has 1 aromatic carbocycles. The molecule has 1 heterocycles. The van der Waals surface area contributed by atoms with Crippen molar-refractivity contribution in [1.82, 2.24) is 4.98 Å². The van der Waals surface area contributed by atoms with Gasteiger partial charge < -0.3 is 10.5 Å². The zero-order valence-electron chi connectivity index (χ0n) is 11.5. The number of hydrogen-bond donors (Lipinski definition) is 1. The molecule has 0 amide bonds. The largest absolute Gasteiger partial charge is 0.487 e. The van der Waals surface area contributed by atoms with Crippen LogP contribution < -0.4 is 10.5 Å². The highest BCUT2D eigenvalue weighted by Gasteiger charge is 2.08. The van der Waals surface area contributed by atoms with Crippen molar-refractivity contribution in [2.45, 2.75) is 33.3 Å². The van der Waals surface area contributed by atoms with Crippen molar-refractivity contribution >= 4 is 11.3 Å². The second kappa shape index (κ2) is 6.68. The molecule has 2 aromatic rings. The van der Waals surface area contributed by atoms with Crippen LogP contribution in [0.5, 0.6) is 5.75 Å². The third-order valence-corrected chi connectivity index (χ3v) is 4.02. The number of rotatable bonds is 6. The van der Waals surface area contributed by atoms with E-state index in [9.17, 15) is 0 Å². The summed E-state index contributed by atoms with van der Waals surface area (Å²) < 4.78 is 5.95. The van der Waals surface area contributed by atoms with E-state index in [-0.39, 0.29) is 0 Å². The van der Waals surface area contributed by atoms with Crippen molar-refractivity contribution in [2.75, 3.05) is 6.54 Å². The number of nitrogens with two attached hydrogens (primary N) is 1. The summed E-state index contributed by atoms with van der Waals surface area (Å²) in [5, 5.41) is 3.23. The molecule has 2 N–H and O–H groups in total. The van der Waals surface area contributed by atoms with E-state index in [2.05, 4.69) is 36.3 Å². The van der Waals surface area contributed by atoms with E-state index in [1.165, 1.54) is 5.56 Å². The number of benzene rings is 1. The molecule has 4 heteroatoms. The normalized spacial score (nSPS) is 10.7. The van der Waals surface area contributed by atoms with Crippen LogP contribution in [-0.4, -0.2) is 11.5 Å². The van der Waals surface area contributed by atoms with Gasteiger partial charge in [0.15, 0.2) is 0 Å². The van der Waals surface area contributed by atoms with Crippen molar-refractivity contribution in [3.63, 3.8) is 0 Å². The Morgan fingerprint density at radius 3 is 2.89 bits per heavy atom. The van der Waals surface area contributed by atoms with Crippen molar-refractivity contribution in [2.24, 2.45) is 5.73 Å². The van der Waals surface area contributed by atoms with Gasteiger partial charge in [-0.25, -0.2) is 4.98 Å². The number of aryl methyl sites for hydroxylation is 2. The Hall–Kier alpha value is -1.39. The first-order chi connectivity index (χ1) is 9.24. The van der Waals surface area contributed by atoms with Crippen LogP contribution in [-0.2, 0) is 19.4 Å². The summed E-state index contributed by atoms with van der Waals surface area (Å²) in [6.45, 7) is 5.34. The summed E-state index contributed by atoms with van der Waals surface area (Å²) in [4.78, 5) is 4.52. The molecule has 0 fully saturated rings. The summed E-state index contributed by atoms with van der Waals surface area (Å²) in [6, 6.07) is 6.19. The molecule has 0 saturated carbocycles. The molecule has 19 heavy (non-hydrogen) atoms. The van der Waals surface area contributed by atoms with Gasteiger partial charge in [-0.1, -0.05) is 25.1 Å². The molecule has 0 aliphatic heterocycles. The summed E-state index contributed by atoms with van der Waals surface area (Å²) in [6.07, 6.45) is 1.82. The van der Waals surface area contributed by atoms with Crippen molar-refractivity contribution in [3.05, 3.63) is 45.4 Å². The maximum Gasteiger partial charge on any atom is 0.131 e. The zero-order valence-corrected chi connectivity index (χ0v) is 12.3. The first kappa shape index (κ1) is 14.0. The molecule has 3 nitrogen and oxygen atoms in total. The van der Waals surface area contributed by atoms with Gasteiger partial charge in [0.2, 0.25) is 0 Å². The topological polar surface area (TPSA) is 48.1 Å². The average Bonchev–Trinajstić information content (AvgIpc) is 2.86. The summed E-state index contributed by atoms with van der Waals surface area (Å²) in [7, 11) is 0. The van der Waals surface area contributed by atoms with Crippen LogP contribution in [0.1, 0.15) is 28.8 Å². The van der Waals surface area contributed by atoms with E-state index in [1.54, 1.807) is 11.3 Å². The van der Waals surface area contributed by atoms with Crippen LogP contribution >= 0.6 is 11.3 Å². The molecule has 2 rings (SSSR count). The maximum atomic E-state index is 5.95. The Morgan fingerprint density at radius 2 is 2.21 bits per heavy atom. The minimum atomic E-state index is 0.527. The molecule has 0 aliphatic rings. The molecule has 0 bridgehead atoms. The molecule has 1 aromatic heterocycles. The molecular weight excluding hydrogens is 256 g/mol. The molecule has 0 saturated heterocycles. The van der Waals surface area contributed by atoms with Gasteiger partial charge in [-0.15, -0.1) is 11.3 Å². The highest BCUT2D eigenvalue weighted by Crippen LogP contribution is 2.25. The Kier molecular flexibility index (Phi) is 4.93. The second-order valence-corrected chi connectivity index (χ2v) is 5.42. The number of thiazole rings is 1. The van der Waals surface area contributed by atoms with Gasteiger partial charge in [0, 0.05) is 5.38 Å². The van der Waals surface area contributed by atoms with Crippen molar-refractivity contribution in [3.8, 4) is 5.75 Å². The van der Waals surface area contributed by atoms with Crippen LogP contribution in [0.15, 0.2) is 23.6 Å². The first-order valence-electron chi connectivity index (χ1n) is 6.59. The Labute approximate surface area is 118 Å². The van der Waals surface area contributed by atoms with Gasteiger partial charge in [-0.05, 0) is 37.4 Å². The second-order valence-electron chi connectivity index (χ2n) is 4.48. The van der Waals surface area contributed by atoms with E-state index >= 15 is 0 Å². The van der Waals surface area contributed by atoms with Crippen LogP contribution in [0.3, 0.4) is 0 Å². The Bertz CT molecular complexity index is 537. The standard InChI is InChI=1S/C15H20N2OS/c1-3-14-17-13(10-19-14)9-18-15-11(2)5-4-6-12(15)7-8-16/h4-6,10H,3,7-9,16H2,1-2H3. The number of hydrogen-bond acceptors (Lipinski definition) is 4. The van der Waals surface area contributed by atoms with Crippen molar-refractivity contribution < 1.29 is 4.74 Å². The van der Waals surface area contributed by atoms with E-state index < -0.39 is 0 Å². The lowest BCUT2D eigenvalue weighted by atomic mass is 10.1. The van der Waals surface area contributed by atoms with Gasteiger partial charge >= 0.3 is 0 Å². The molecule has 102 valence electrons. The first-order valence-corrected chi connectivity index (χ1v) is 7.47. The fourth-order valence-corrected chi connectivity index (χ4v) is 2.73. The van der Waals surface area contributed by atoms with E-state index in [4.69, 9.17) is 10.5 Å². The van der Waals surface area contributed by atoms with Crippen LogP contribution in [0.4, 0.5) is 0 Å². The van der Waals surface area contributed by atoms with Gasteiger partial charge in [0.05, 0.1) is 10.7 Å². The third-order valence-electron chi connectivity index (χ3n) is 2.97. The highest BCUT2D eigenvalue weighted by atomic mass is 32.1. The van der Waals surface area contributed by atoms with Gasteiger partial charge in [0.1, 0.15) is 12.4 Å². The minimum Gasteiger partial charge on any atom is -0.487 e. The van der Waals surface area contributed by atoms with E-state index in [0.29, 0.717) is 13.2 Å². The third kappa shape index (κ3) is 3.55. The minimum absolute atomic E-state index is 0.527. The number of nitrogens with zero attached hydrogens (tertiary/aromatic N) is 1. The molecule has 0 aliphatic carbocycles. The fraction of sp³-hybridized carbons (Fsp3) is 0.400. The SMILES string of the molecule is CCc1nc(COc2c(C)cccc2CCN)cs1. The lowest BCUT2D eigenvalue weighted by Gasteiger charge is -2.12. The number of aromatic nitrogens is 1. The van der Waals surface area contributed by atoms with Crippen LogP contribution in [0, 0.1) is 6.92 Å². The monoisotopic (exact) mass is 276 g/mol. The molecule has 0 spiro atoms. The highest BCUT2D eigenvalue weighted by molar-refractivity contribution is 7.09. The number of ether oxygens (including phenoxy) is 1. The van der Waals surface area contributed by atoms with Gasteiger partial charge in [-0.3, -0.25) is 0 Å². The maximum absolute atomic E-state index is 5.95. The van der Waals surface area contributed by atoms with Gasteiger partial charge in [-0.2, -0.15) is 0 Å².